The molecule has 1 heterocycles. The van der Waals surface area contributed by atoms with Gasteiger partial charge in [-0.2, -0.15) is 26.3 Å². The van der Waals surface area contributed by atoms with Crippen LogP contribution >= 0.6 is 0 Å². The van der Waals surface area contributed by atoms with E-state index < -0.39 is 29.6 Å². The van der Waals surface area contributed by atoms with Crippen molar-refractivity contribution < 1.29 is 26.3 Å². The maximum Gasteiger partial charge on any atom is 0.449 e. The van der Waals surface area contributed by atoms with Gasteiger partial charge in [-0.05, 0) is 0 Å². The second-order valence-electron chi connectivity index (χ2n) is 3.67. The van der Waals surface area contributed by atoms with Crippen LogP contribution in [0.3, 0.4) is 0 Å². The first-order valence-corrected chi connectivity index (χ1v) is 4.99. The van der Waals surface area contributed by atoms with Gasteiger partial charge in [0.05, 0.1) is 0 Å². The molecule has 0 radical (unpaired) electrons. The molecule has 0 aliphatic rings. The number of alkyl halides is 6. The summed E-state index contributed by atoms with van der Waals surface area (Å²) < 4.78 is 75.4. The molecule has 0 bridgehead atoms. The number of aromatic nitrogens is 2. The summed E-state index contributed by atoms with van der Waals surface area (Å²) in [4.78, 5) is 4.32. The Balaban J connectivity index is 2.63. The van der Waals surface area contributed by atoms with Crippen LogP contribution in [0.15, 0.2) is 30.3 Å². The second-order valence-corrected chi connectivity index (χ2v) is 3.67. The van der Waals surface area contributed by atoms with Gasteiger partial charge in [-0.1, -0.05) is 30.3 Å². The molecule has 0 saturated heterocycles. The number of benzene rings is 1. The Labute approximate surface area is 103 Å². The number of H-pyrrole nitrogens is 1. The van der Waals surface area contributed by atoms with Crippen LogP contribution in [-0.2, 0) is 12.4 Å². The Morgan fingerprint density at radius 2 is 1.42 bits per heavy atom. The van der Waals surface area contributed by atoms with Gasteiger partial charge in [0.25, 0.3) is 0 Å². The number of hydrogen-bond acceptors (Lipinski definition) is 1. The first kappa shape index (κ1) is 13.4. The number of nitrogens with zero attached hydrogens (tertiary/aromatic N) is 1. The minimum absolute atomic E-state index is 0.0402. The highest BCUT2D eigenvalue weighted by molar-refractivity contribution is 5.62. The standard InChI is InChI=1S/C11H6F6N2/c12-10(13,14)8-7(6-4-2-1-3-5-6)18-9(19-8)11(15,16)17/h1-5H,(H,18,19). The number of nitrogens with one attached hydrogen (secondary N) is 1. The van der Waals surface area contributed by atoms with E-state index in [4.69, 9.17) is 0 Å². The number of imidazole rings is 1. The molecule has 0 aliphatic heterocycles. The van der Waals surface area contributed by atoms with Gasteiger partial charge in [-0.25, -0.2) is 4.98 Å². The smallest absolute Gasteiger partial charge is 0.330 e. The minimum atomic E-state index is -4.97. The van der Waals surface area contributed by atoms with Crippen LogP contribution in [0.5, 0.6) is 0 Å². The zero-order valence-corrected chi connectivity index (χ0v) is 9.10. The molecule has 0 aliphatic carbocycles. The molecule has 1 aromatic carbocycles. The highest BCUT2D eigenvalue weighted by Gasteiger charge is 2.42. The third-order valence-corrected chi connectivity index (χ3v) is 2.30. The van der Waals surface area contributed by atoms with E-state index in [0.717, 1.165) is 0 Å². The number of hydrogen-bond donors (Lipinski definition) is 1. The summed E-state index contributed by atoms with van der Waals surface area (Å²) in [5.74, 6) is -1.67. The third kappa shape index (κ3) is 2.72. The molecule has 2 nitrogen and oxygen atoms in total. The lowest BCUT2D eigenvalue weighted by atomic mass is 10.1. The largest absolute Gasteiger partial charge is 0.449 e. The van der Waals surface area contributed by atoms with Crippen molar-refractivity contribution >= 4 is 0 Å². The first-order valence-electron chi connectivity index (χ1n) is 4.99. The quantitative estimate of drug-likeness (QED) is 0.782. The first-order chi connectivity index (χ1) is 8.69. The Hall–Kier alpha value is -1.99. The van der Waals surface area contributed by atoms with Crippen molar-refractivity contribution in [2.75, 3.05) is 0 Å². The van der Waals surface area contributed by atoms with E-state index in [1.165, 1.54) is 35.3 Å². The molecule has 2 rings (SSSR count). The number of halogens is 6. The number of aromatic amines is 1. The maximum absolute atomic E-state index is 12.7. The highest BCUT2D eigenvalue weighted by Crippen LogP contribution is 2.38. The Kier molecular flexibility index (Phi) is 3.03. The Morgan fingerprint density at radius 1 is 0.842 bits per heavy atom. The molecule has 0 amide bonds. The van der Waals surface area contributed by atoms with E-state index in [1.807, 2.05) is 0 Å². The van der Waals surface area contributed by atoms with E-state index >= 15 is 0 Å². The molecular weight excluding hydrogens is 274 g/mol. The zero-order chi connectivity index (χ0) is 14.3. The third-order valence-electron chi connectivity index (χ3n) is 2.30. The van der Waals surface area contributed by atoms with Gasteiger partial charge in [-0.15, -0.1) is 0 Å². The van der Waals surface area contributed by atoms with Gasteiger partial charge < -0.3 is 4.98 Å². The summed E-state index contributed by atoms with van der Waals surface area (Å²) in [7, 11) is 0. The molecule has 1 aromatic heterocycles. The molecular formula is C11H6F6N2. The monoisotopic (exact) mass is 280 g/mol. The Bertz CT molecular complexity index is 567. The topological polar surface area (TPSA) is 28.7 Å². The van der Waals surface area contributed by atoms with Gasteiger partial charge in [-0.3, -0.25) is 0 Å². The van der Waals surface area contributed by atoms with Crippen molar-refractivity contribution in [1.82, 2.24) is 9.97 Å². The molecule has 0 saturated carbocycles. The van der Waals surface area contributed by atoms with Gasteiger partial charge in [0.2, 0.25) is 5.82 Å². The van der Waals surface area contributed by atoms with Crippen LogP contribution in [0.1, 0.15) is 11.5 Å². The van der Waals surface area contributed by atoms with E-state index in [1.54, 1.807) is 0 Å². The average Bonchev–Trinajstić information content (AvgIpc) is 2.74. The predicted molar refractivity (Wildman–Crippen MR) is 54.0 cm³/mol. The molecule has 8 heteroatoms. The van der Waals surface area contributed by atoms with Crippen molar-refractivity contribution in [3.05, 3.63) is 41.9 Å². The summed E-state index contributed by atoms with van der Waals surface area (Å²) in [5.41, 5.74) is -2.31. The van der Waals surface area contributed by atoms with E-state index in [-0.39, 0.29) is 5.56 Å². The lowest BCUT2D eigenvalue weighted by Gasteiger charge is -2.06. The predicted octanol–water partition coefficient (Wildman–Crippen LogP) is 4.11. The molecule has 2 aromatic rings. The van der Waals surface area contributed by atoms with Crippen molar-refractivity contribution in [3.63, 3.8) is 0 Å². The maximum atomic E-state index is 12.7. The van der Waals surface area contributed by atoms with Gasteiger partial charge in [0.1, 0.15) is 11.4 Å². The summed E-state index contributed by atoms with van der Waals surface area (Å²) >= 11 is 0. The molecule has 102 valence electrons. The summed E-state index contributed by atoms with van der Waals surface area (Å²) in [5, 5.41) is 0. The lowest BCUT2D eigenvalue weighted by molar-refractivity contribution is -0.149. The SMILES string of the molecule is FC(F)(F)c1nc(-c2ccccc2)c(C(F)(F)F)[nH]1. The highest BCUT2D eigenvalue weighted by atomic mass is 19.4. The molecule has 0 spiro atoms. The average molecular weight is 280 g/mol. The van der Waals surface area contributed by atoms with Crippen LogP contribution in [0, 0.1) is 0 Å². The fraction of sp³-hybridized carbons (Fsp3) is 0.182. The second kappa shape index (κ2) is 4.29. The van der Waals surface area contributed by atoms with Crippen molar-refractivity contribution in [1.29, 1.82) is 0 Å². The van der Waals surface area contributed by atoms with E-state index in [9.17, 15) is 26.3 Å². The van der Waals surface area contributed by atoms with Crippen molar-refractivity contribution in [2.45, 2.75) is 12.4 Å². The number of rotatable bonds is 1. The summed E-state index contributed by atoms with van der Waals surface area (Å²) in [6.45, 7) is 0. The van der Waals surface area contributed by atoms with E-state index in [2.05, 4.69) is 4.98 Å². The molecule has 0 atom stereocenters. The fourth-order valence-electron chi connectivity index (χ4n) is 1.52. The van der Waals surface area contributed by atoms with Crippen LogP contribution in [-0.4, -0.2) is 9.97 Å². The van der Waals surface area contributed by atoms with Gasteiger partial charge in [0.15, 0.2) is 0 Å². The van der Waals surface area contributed by atoms with Crippen LogP contribution in [0.4, 0.5) is 26.3 Å². The summed E-state index contributed by atoms with van der Waals surface area (Å²) in [6, 6.07) is 6.88. The molecule has 1 N–H and O–H groups in total. The van der Waals surface area contributed by atoms with E-state index in [0.29, 0.717) is 0 Å². The normalized spacial score (nSPS) is 12.7. The van der Waals surface area contributed by atoms with Crippen LogP contribution in [0.2, 0.25) is 0 Å². The van der Waals surface area contributed by atoms with Crippen molar-refractivity contribution in [3.8, 4) is 11.3 Å². The minimum Gasteiger partial charge on any atom is -0.330 e. The molecule has 19 heavy (non-hydrogen) atoms. The summed E-state index contributed by atoms with van der Waals surface area (Å²) in [6.07, 6.45) is -9.91. The molecule has 0 unspecified atom stereocenters. The Morgan fingerprint density at radius 3 is 1.89 bits per heavy atom. The lowest BCUT2D eigenvalue weighted by Crippen LogP contribution is -2.10. The van der Waals surface area contributed by atoms with Crippen LogP contribution < -0.4 is 0 Å². The molecule has 0 fully saturated rings. The van der Waals surface area contributed by atoms with Gasteiger partial charge in [0, 0.05) is 5.56 Å². The van der Waals surface area contributed by atoms with Gasteiger partial charge >= 0.3 is 12.4 Å². The van der Waals surface area contributed by atoms with Crippen LogP contribution in [0.25, 0.3) is 11.3 Å². The fourth-order valence-corrected chi connectivity index (χ4v) is 1.52. The zero-order valence-electron chi connectivity index (χ0n) is 9.10. The van der Waals surface area contributed by atoms with Crippen molar-refractivity contribution in [2.24, 2.45) is 0 Å².